The van der Waals surface area contributed by atoms with Gasteiger partial charge in [0.2, 0.25) is 5.91 Å². The summed E-state index contributed by atoms with van der Waals surface area (Å²) in [6, 6.07) is 13.6. The number of nitrogens with one attached hydrogen (secondary N) is 1. The summed E-state index contributed by atoms with van der Waals surface area (Å²) in [5.41, 5.74) is 2.33. The summed E-state index contributed by atoms with van der Waals surface area (Å²) in [6.07, 6.45) is 1.08. The average Bonchev–Trinajstić information content (AvgIpc) is 2.71. The van der Waals surface area contributed by atoms with Gasteiger partial charge in [-0.2, -0.15) is 0 Å². The maximum Gasteiger partial charge on any atom is 0.262 e. The molecule has 1 aliphatic rings. The minimum Gasteiger partial charge on any atom is -0.506 e. The van der Waals surface area contributed by atoms with Crippen LogP contribution in [0.15, 0.2) is 58.9 Å². The molecule has 2 aromatic carbocycles. The minimum absolute atomic E-state index is 0.0528. The topological polar surface area (TPSA) is 84.2 Å². The summed E-state index contributed by atoms with van der Waals surface area (Å²) in [6.45, 7) is 3.88. The molecule has 6 heteroatoms. The Morgan fingerprint density at radius 3 is 2.61 bits per heavy atom. The zero-order valence-corrected chi connectivity index (χ0v) is 15.8. The first-order valence-electron chi connectivity index (χ1n) is 9.30. The molecule has 2 heterocycles. The number of phenols is 1. The number of hydrogen-bond acceptors (Lipinski definition) is 4. The Labute approximate surface area is 162 Å². The number of aromatic nitrogens is 2. The van der Waals surface area contributed by atoms with E-state index in [4.69, 9.17) is 0 Å². The minimum atomic E-state index is -0.711. The molecule has 6 nitrogen and oxygen atoms in total. The van der Waals surface area contributed by atoms with Crippen LogP contribution < -0.4 is 10.9 Å². The smallest absolute Gasteiger partial charge is 0.262 e. The fourth-order valence-corrected chi connectivity index (χ4v) is 3.55. The maximum atomic E-state index is 13.3. The SMILES string of the molecule is CC/C(C)=C1\NC(=O)[C@@H](Cc2ccccc2)n2c1nc1c(O)cccc1c2=O. The molecule has 0 unspecified atom stereocenters. The molecule has 0 saturated heterocycles. The van der Waals surface area contributed by atoms with Gasteiger partial charge in [-0.15, -0.1) is 0 Å². The number of phenolic OH excluding ortho intramolecular Hbond substituents is 1. The molecule has 0 spiro atoms. The number of amides is 1. The number of aromatic hydroxyl groups is 1. The van der Waals surface area contributed by atoms with Gasteiger partial charge < -0.3 is 10.4 Å². The van der Waals surface area contributed by atoms with Gasteiger partial charge in [-0.05, 0) is 36.6 Å². The lowest BCUT2D eigenvalue weighted by Crippen LogP contribution is -2.45. The van der Waals surface area contributed by atoms with Gasteiger partial charge in [0.05, 0.1) is 11.1 Å². The summed E-state index contributed by atoms with van der Waals surface area (Å²) >= 11 is 0. The fraction of sp³-hybridized carbons (Fsp3) is 0.227. The summed E-state index contributed by atoms with van der Waals surface area (Å²) < 4.78 is 1.47. The lowest BCUT2D eigenvalue weighted by atomic mass is 10.0. The van der Waals surface area contributed by atoms with Gasteiger partial charge in [-0.3, -0.25) is 14.2 Å². The van der Waals surface area contributed by atoms with Gasteiger partial charge in [-0.1, -0.05) is 43.3 Å². The van der Waals surface area contributed by atoms with Gasteiger partial charge in [0.1, 0.15) is 17.3 Å². The number of para-hydroxylation sites is 1. The van der Waals surface area contributed by atoms with Crippen LogP contribution in [0.1, 0.15) is 37.7 Å². The van der Waals surface area contributed by atoms with Crippen molar-refractivity contribution in [3.8, 4) is 5.75 Å². The van der Waals surface area contributed by atoms with E-state index in [1.165, 1.54) is 10.6 Å². The van der Waals surface area contributed by atoms with Crippen LogP contribution in [0.25, 0.3) is 16.6 Å². The lowest BCUT2D eigenvalue weighted by Gasteiger charge is -2.30. The zero-order valence-electron chi connectivity index (χ0n) is 15.8. The molecule has 2 N–H and O–H groups in total. The average molecular weight is 375 g/mol. The normalized spacial score (nSPS) is 17.9. The Hall–Kier alpha value is -3.41. The predicted molar refractivity (Wildman–Crippen MR) is 108 cm³/mol. The van der Waals surface area contributed by atoms with Crippen LogP contribution in [0.5, 0.6) is 5.75 Å². The van der Waals surface area contributed by atoms with Crippen LogP contribution >= 0.6 is 0 Å². The van der Waals surface area contributed by atoms with E-state index in [0.717, 1.165) is 11.1 Å². The third-order valence-electron chi connectivity index (χ3n) is 5.22. The Morgan fingerprint density at radius 1 is 1.14 bits per heavy atom. The quantitative estimate of drug-likeness (QED) is 0.736. The molecule has 0 fully saturated rings. The number of carbonyl (C=O) groups excluding carboxylic acids is 1. The van der Waals surface area contributed by atoms with Crippen LogP contribution in [0.3, 0.4) is 0 Å². The molecule has 28 heavy (non-hydrogen) atoms. The summed E-state index contributed by atoms with van der Waals surface area (Å²) in [5, 5.41) is 13.5. The molecule has 4 rings (SSSR count). The summed E-state index contributed by atoms with van der Waals surface area (Å²) in [5.74, 6) is 0.101. The van der Waals surface area contributed by atoms with Gasteiger partial charge in [0.25, 0.3) is 5.56 Å². The molecule has 3 aromatic rings. The fourth-order valence-electron chi connectivity index (χ4n) is 3.55. The van der Waals surface area contributed by atoms with Crippen molar-refractivity contribution in [2.75, 3.05) is 0 Å². The highest BCUT2D eigenvalue weighted by Gasteiger charge is 2.33. The lowest BCUT2D eigenvalue weighted by molar-refractivity contribution is -0.123. The molecular formula is C22H21N3O3. The molecule has 1 aliphatic heterocycles. The van der Waals surface area contributed by atoms with E-state index in [0.29, 0.717) is 29.7 Å². The van der Waals surface area contributed by atoms with Crippen LogP contribution in [0, 0.1) is 0 Å². The Kier molecular flexibility index (Phi) is 4.47. The van der Waals surface area contributed by atoms with Gasteiger partial charge in [0, 0.05) is 6.42 Å². The van der Waals surface area contributed by atoms with E-state index >= 15 is 0 Å². The van der Waals surface area contributed by atoms with Crippen molar-refractivity contribution in [2.24, 2.45) is 0 Å². The van der Waals surface area contributed by atoms with Crippen molar-refractivity contribution in [1.29, 1.82) is 0 Å². The standard InChI is InChI=1S/C22H21N3O3/c1-3-13(2)18-20-23-19-15(10-7-11-17(19)26)22(28)25(20)16(21(27)24-18)12-14-8-5-4-6-9-14/h4-11,16,26H,3,12H2,1-2H3,(H,24,27)/b18-13-/t16-/m1/s1. The highest BCUT2D eigenvalue weighted by molar-refractivity contribution is 5.94. The van der Waals surface area contributed by atoms with E-state index in [9.17, 15) is 14.7 Å². The monoisotopic (exact) mass is 375 g/mol. The Bertz CT molecular complexity index is 1160. The molecule has 1 amide bonds. The first-order valence-corrected chi connectivity index (χ1v) is 9.30. The van der Waals surface area contributed by atoms with E-state index in [1.54, 1.807) is 12.1 Å². The first kappa shape index (κ1) is 18.0. The predicted octanol–water partition coefficient (Wildman–Crippen LogP) is 3.16. The first-order chi connectivity index (χ1) is 13.5. The second-order valence-corrected chi connectivity index (χ2v) is 6.99. The second-order valence-electron chi connectivity index (χ2n) is 6.99. The summed E-state index contributed by atoms with van der Waals surface area (Å²) in [7, 11) is 0. The van der Waals surface area contributed by atoms with Crippen LogP contribution in [-0.4, -0.2) is 20.6 Å². The number of fused-ring (bicyclic) bond motifs is 2. The van der Waals surface area contributed by atoms with E-state index < -0.39 is 6.04 Å². The molecule has 142 valence electrons. The molecule has 0 saturated carbocycles. The van der Waals surface area contributed by atoms with Gasteiger partial charge in [-0.25, -0.2) is 4.98 Å². The number of nitrogens with zero attached hydrogens (tertiary/aromatic N) is 2. The highest BCUT2D eigenvalue weighted by Crippen LogP contribution is 2.29. The maximum absolute atomic E-state index is 13.3. The third-order valence-corrected chi connectivity index (χ3v) is 5.22. The second kappa shape index (κ2) is 6.96. The number of hydrogen-bond donors (Lipinski definition) is 2. The summed E-state index contributed by atoms with van der Waals surface area (Å²) in [4.78, 5) is 30.9. The Balaban J connectivity index is 2.01. The Morgan fingerprint density at radius 2 is 1.89 bits per heavy atom. The zero-order chi connectivity index (χ0) is 19.8. The van der Waals surface area contributed by atoms with Crippen LogP contribution in [0.4, 0.5) is 0 Å². The molecule has 1 aromatic heterocycles. The van der Waals surface area contributed by atoms with E-state index in [-0.39, 0.29) is 22.7 Å². The third kappa shape index (κ3) is 2.87. The number of rotatable bonds is 3. The molecule has 0 radical (unpaired) electrons. The van der Waals surface area contributed by atoms with Crippen LogP contribution in [0.2, 0.25) is 0 Å². The number of carbonyl (C=O) groups is 1. The molecule has 0 bridgehead atoms. The van der Waals surface area contributed by atoms with Crippen molar-refractivity contribution in [3.63, 3.8) is 0 Å². The largest absolute Gasteiger partial charge is 0.506 e. The van der Waals surface area contributed by atoms with Gasteiger partial charge in [0.15, 0.2) is 5.82 Å². The number of benzene rings is 2. The number of allylic oxidation sites excluding steroid dienone is 1. The van der Waals surface area contributed by atoms with Crippen molar-refractivity contribution in [1.82, 2.24) is 14.9 Å². The molecule has 0 aliphatic carbocycles. The highest BCUT2D eigenvalue weighted by atomic mass is 16.3. The van der Waals surface area contributed by atoms with Crippen molar-refractivity contribution >= 4 is 22.5 Å². The van der Waals surface area contributed by atoms with E-state index in [2.05, 4.69) is 10.3 Å². The van der Waals surface area contributed by atoms with Crippen LogP contribution in [-0.2, 0) is 11.2 Å². The van der Waals surface area contributed by atoms with E-state index in [1.807, 2.05) is 44.2 Å². The molecule has 1 atom stereocenters. The van der Waals surface area contributed by atoms with Crippen molar-refractivity contribution in [2.45, 2.75) is 32.7 Å². The van der Waals surface area contributed by atoms with Crippen molar-refractivity contribution < 1.29 is 9.90 Å². The van der Waals surface area contributed by atoms with Gasteiger partial charge >= 0.3 is 0 Å². The molecular weight excluding hydrogens is 354 g/mol. The van der Waals surface area contributed by atoms with Crippen molar-refractivity contribution in [3.05, 3.63) is 75.8 Å².